The number of H-pyrrole nitrogens is 2. The Morgan fingerprint density at radius 2 is 1.95 bits per heavy atom. The summed E-state index contributed by atoms with van der Waals surface area (Å²) in [6.07, 6.45) is 12.3. The van der Waals surface area contributed by atoms with E-state index in [0.717, 1.165) is 64.5 Å². The van der Waals surface area contributed by atoms with Crippen LogP contribution in [0.5, 0.6) is 0 Å². The summed E-state index contributed by atoms with van der Waals surface area (Å²) in [6.45, 7) is 0. The predicted octanol–water partition coefficient (Wildman–Crippen LogP) is 6.21. The van der Waals surface area contributed by atoms with Crippen LogP contribution >= 0.6 is 11.3 Å². The molecule has 1 aliphatic carbocycles. The smallest absolute Gasteiger partial charge is 0.227 e. The van der Waals surface area contributed by atoms with Crippen molar-refractivity contribution in [3.05, 3.63) is 59.8 Å². The average molecular weight is 521 g/mol. The molecule has 6 aromatic rings. The fourth-order valence-electron chi connectivity index (χ4n) is 5.19. The summed E-state index contributed by atoms with van der Waals surface area (Å²) in [5.74, 6) is 0.781. The van der Waals surface area contributed by atoms with Gasteiger partial charge in [-0.25, -0.2) is 9.97 Å². The first-order valence-corrected chi connectivity index (χ1v) is 13.7. The fourth-order valence-corrected chi connectivity index (χ4v) is 5.85. The average Bonchev–Trinajstić information content (AvgIpc) is 3.73. The molecule has 7 rings (SSSR count). The van der Waals surface area contributed by atoms with Gasteiger partial charge >= 0.3 is 0 Å². The molecule has 1 fully saturated rings. The molecule has 38 heavy (non-hydrogen) atoms. The minimum Gasteiger partial charge on any atom is -0.335 e. The summed E-state index contributed by atoms with van der Waals surface area (Å²) in [5.41, 5.74) is 7.39. The van der Waals surface area contributed by atoms with E-state index in [1.165, 1.54) is 6.42 Å². The number of aromatic amines is 2. The maximum Gasteiger partial charge on any atom is 0.227 e. The lowest BCUT2D eigenvalue weighted by Gasteiger charge is -2.20. The summed E-state index contributed by atoms with van der Waals surface area (Å²) in [4.78, 5) is 34.4. The highest BCUT2D eigenvalue weighted by Crippen LogP contribution is 2.33. The molecule has 1 amide bonds. The van der Waals surface area contributed by atoms with E-state index in [1.54, 1.807) is 36.1 Å². The lowest BCUT2D eigenvalue weighted by atomic mass is 9.88. The molecule has 3 N–H and O–H groups in total. The van der Waals surface area contributed by atoms with E-state index in [2.05, 4.69) is 52.3 Å². The highest BCUT2D eigenvalue weighted by atomic mass is 32.1. The van der Waals surface area contributed by atoms with Crippen molar-refractivity contribution < 1.29 is 4.79 Å². The van der Waals surface area contributed by atoms with Crippen LogP contribution in [0.2, 0.25) is 0 Å². The predicted molar refractivity (Wildman–Crippen MR) is 149 cm³/mol. The SMILES string of the molecule is O=C(Nc1cncc(-c2cc3c(-c4nc5nccc(-c6ccsc6)c5[nH]4)n[nH]c3cn2)c1)C1CCCCC1. The molecule has 1 saturated carbocycles. The first kappa shape index (κ1) is 22.7. The van der Waals surface area contributed by atoms with Gasteiger partial charge in [0.2, 0.25) is 5.91 Å². The van der Waals surface area contributed by atoms with Crippen molar-refractivity contribution in [1.82, 2.24) is 35.1 Å². The zero-order valence-electron chi connectivity index (χ0n) is 20.4. The maximum absolute atomic E-state index is 12.7. The van der Waals surface area contributed by atoms with Crippen molar-refractivity contribution in [2.45, 2.75) is 32.1 Å². The van der Waals surface area contributed by atoms with Crippen LogP contribution in [0.4, 0.5) is 5.69 Å². The van der Waals surface area contributed by atoms with Crippen LogP contribution in [0, 0.1) is 5.92 Å². The van der Waals surface area contributed by atoms with Gasteiger partial charge in [0.15, 0.2) is 11.5 Å². The van der Waals surface area contributed by atoms with Gasteiger partial charge in [-0.3, -0.25) is 19.9 Å². The number of pyridine rings is 3. The molecular weight excluding hydrogens is 496 g/mol. The molecule has 0 radical (unpaired) electrons. The van der Waals surface area contributed by atoms with E-state index in [-0.39, 0.29) is 11.8 Å². The number of anilines is 1. The molecule has 0 spiro atoms. The van der Waals surface area contributed by atoms with Crippen LogP contribution in [0.1, 0.15) is 32.1 Å². The zero-order valence-corrected chi connectivity index (χ0v) is 21.3. The second-order valence-electron chi connectivity index (χ2n) is 9.63. The Hall–Kier alpha value is -4.44. The Morgan fingerprint density at radius 1 is 1.03 bits per heavy atom. The van der Waals surface area contributed by atoms with Gasteiger partial charge in [-0.15, -0.1) is 0 Å². The van der Waals surface area contributed by atoms with Crippen molar-refractivity contribution in [3.8, 4) is 33.9 Å². The van der Waals surface area contributed by atoms with Crippen molar-refractivity contribution in [2.75, 3.05) is 5.32 Å². The highest BCUT2D eigenvalue weighted by Gasteiger charge is 2.21. The van der Waals surface area contributed by atoms with Gasteiger partial charge in [-0.1, -0.05) is 19.3 Å². The lowest BCUT2D eigenvalue weighted by Crippen LogP contribution is -2.24. The quantitative estimate of drug-likeness (QED) is 0.248. The first-order valence-electron chi connectivity index (χ1n) is 12.7. The van der Waals surface area contributed by atoms with E-state index in [1.807, 2.05) is 18.2 Å². The van der Waals surface area contributed by atoms with Crippen molar-refractivity contribution in [1.29, 1.82) is 0 Å². The van der Waals surface area contributed by atoms with Gasteiger partial charge in [0.25, 0.3) is 0 Å². The zero-order chi connectivity index (χ0) is 25.5. The number of aromatic nitrogens is 7. The summed E-state index contributed by atoms with van der Waals surface area (Å²) in [7, 11) is 0. The molecular formula is C28H24N8OS. The molecule has 0 saturated heterocycles. The molecule has 1 aliphatic rings. The number of nitrogens with one attached hydrogen (secondary N) is 3. The van der Waals surface area contributed by atoms with Gasteiger partial charge < -0.3 is 10.3 Å². The molecule has 6 aromatic heterocycles. The molecule has 0 aliphatic heterocycles. The molecule has 188 valence electrons. The largest absolute Gasteiger partial charge is 0.335 e. The van der Waals surface area contributed by atoms with Crippen LogP contribution in [0.25, 0.3) is 56.0 Å². The Bertz CT molecular complexity index is 1760. The first-order chi connectivity index (χ1) is 18.7. The summed E-state index contributed by atoms with van der Waals surface area (Å²) in [5, 5.41) is 15.7. The molecule has 6 heterocycles. The second-order valence-corrected chi connectivity index (χ2v) is 10.4. The van der Waals surface area contributed by atoms with Gasteiger partial charge in [-0.2, -0.15) is 16.4 Å². The minimum atomic E-state index is 0.0736. The fraction of sp³-hybridized carbons (Fsp3) is 0.214. The number of imidazole rings is 1. The number of hydrogen-bond acceptors (Lipinski definition) is 7. The summed E-state index contributed by atoms with van der Waals surface area (Å²) < 4.78 is 0. The van der Waals surface area contributed by atoms with Crippen LogP contribution in [-0.2, 0) is 4.79 Å². The van der Waals surface area contributed by atoms with Gasteiger partial charge in [0, 0.05) is 34.8 Å². The number of rotatable bonds is 5. The molecule has 0 aromatic carbocycles. The third kappa shape index (κ3) is 4.12. The molecule has 0 atom stereocenters. The number of carbonyl (C=O) groups is 1. The van der Waals surface area contributed by atoms with Crippen LogP contribution in [0.15, 0.2) is 59.8 Å². The third-order valence-corrected chi connectivity index (χ3v) is 7.86. The van der Waals surface area contributed by atoms with Gasteiger partial charge in [0.1, 0.15) is 5.69 Å². The minimum absolute atomic E-state index is 0.0736. The number of thiophene rings is 1. The number of nitrogens with zero attached hydrogens (tertiary/aromatic N) is 5. The van der Waals surface area contributed by atoms with E-state index in [4.69, 9.17) is 4.98 Å². The van der Waals surface area contributed by atoms with Gasteiger partial charge in [0.05, 0.1) is 34.8 Å². The highest BCUT2D eigenvalue weighted by molar-refractivity contribution is 7.08. The standard InChI is InChI=1S/C28H24N8OS/c37-28(16-4-2-1-3-5-16)32-19-10-18(12-29-13-19)22-11-21-23(14-31-22)35-36-25(21)27-33-24-20(17-7-9-38-15-17)6-8-30-26(24)34-27/h6-16H,1-5H2,(H,32,37)(H,35,36)(H,30,33,34). The number of carbonyl (C=O) groups excluding carboxylic acids is 1. The normalized spacial score (nSPS) is 14.3. The van der Waals surface area contributed by atoms with E-state index in [0.29, 0.717) is 22.9 Å². The molecule has 10 heteroatoms. The number of amides is 1. The Kier molecular flexibility index (Phi) is 5.66. The van der Waals surface area contributed by atoms with Crippen molar-refractivity contribution >= 4 is 45.0 Å². The van der Waals surface area contributed by atoms with E-state index < -0.39 is 0 Å². The second kappa shape index (κ2) is 9.46. The Balaban J connectivity index is 1.23. The van der Waals surface area contributed by atoms with Crippen LogP contribution in [0.3, 0.4) is 0 Å². The van der Waals surface area contributed by atoms with E-state index in [9.17, 15) is 4.79 Å². The third-order valence-electron chi connectivity index (χ3n) is 7.17. The Morgan fingerprint density at radius 3 is 2.82 bits per heavy atom. The summed E-state index contributed by atoms with van der Waals surface area (Å²) >= 11 is 1.65. The monoisotopic (exact) mass is 520 g/mol. The molecule has 0 bridgehead atoms. The summed E-state index contributed by atoms with van der Waals surface area (Å²) in [6, 6.07) is 7.96. The van der Waals surface area contributed by atoms with Crippen LogP contribution in [-0.4, -0.2) is 41.0 Å². The molecule has 9 nitrogen and oxygen atoms in total. The number of fused-ring (bicyclic) bond motifs is 2. The van der Waals surface area contributed by atoms with Crippen LogP contribution < -0.4 is 5.32 Å². The maximum atomic E-state index is 12.7. The van der Waals surface area contributed by atoms with E-state index >= 15 is 0 Å². The number of hydrogen-bond donors (Lipinski definition) is 3. The van der Waals surface area contributed by atoms with Gasteiger partial charge in [-0.05, 0) is 53.4 Å². The van der Waals surface area contributed by atoms with Crippen molar-refractivity contribution in [2.24, 2.45) is 5.92 Å². The Labute approximate surface area is 221 Å². The van der Waals surface area contributed by atoms with Crippen molar-refractivity contribution in [3.63, 3.8) is 0 Å². The molecule has 0 unspecified atom stereocenters. The topological polar surface area (TPSA) is 125 Å². The lowest BCUT2D eigenvalue weighted by molar-refractivity contribution is -0.120.